The van der Waals surface area contributed by atoms with Crippen molar-refractivity contribution in [2.45, 2.75) is 6.42 Å². The molecule has 1 aliphatic rings. The van der Waals surface area contributed by atoms with Crippen molar-refractivity contribution in [1.29, 1.82) is 0 Å². The van der Waals surface area contributed by atoms with Crippen molar-refractivity contribution in [3.8, 4) is 11.5 Å². The molecule has 0 N–H and O–H groups in total. The van der Waals surface area contributed by atoms with E-state index in [4.69, 9.17) is 14.2 Å². The molecule has 0 spiro atoms. The van der Waals surface area contributed by atoms with E-state index >= 15 is 0 Å². The molecule has 2 heterocycles. The van der Waals surface area contributed by atoms with Crippen LogP contribution in [-0.2, 0) is 4.74 Å². The second-order valence-electron chi connectivity index (χ2n) is 7.60. The predicted octanol–water partition coefficient (Wildman–Crippen LogP) is 4.38. The van der Waals surface area contributed by atoms with E-state index in [-0.39, 0.29) is 23.8 Å². The Kier molecular flexibility index (Phi) is 9.01. The van der Waals surface area contributed by atoms with E-state index in [0.717, 1.165) is 37.0 Å². The Balaban J connectivity index is 0.00000324. The molecule has 7 nitrogen and oxygen atoms in total. The van der Waals surface area contributed by atoms with Crippen LogP contribution in [-0.4, -0.2) is 69.4 Å². The van der Waals surface area contributed by atoms with E-state index in [1.165, 1.54) is 25.2 Å². The van der Waals surface area contributed by atoms with Gasteiger partial charge < -0.3 is 14.2 Å². The zero-order chi connectivity index (χ0) is 23.4. The smallest absolute Gasteiger partial charge is 0.260 e. The summed E-state index contributed by atoms with van der Waals surface area (Å²) in [6, 6.07) is 6.93. The summed E-state index contributed by atoms with van der Waals surface area (Å²) in [5.74, 6) is -0.810. The molecule has 0 atom stereocenters. The Hall–Kier alpha value is -2.53. The Morgan fingerprint density at radius 1 is 1.12 bits per heavy atom. The average molecular weight is 514 g/mol. The highest BCUT2D eigenvalue weighted by Gasteiger charge is 2.24. The van der Waals surface area contributed by atoms with Gasteiger partial charge in [0.2, 0.25) is 0 Å². The van der Waals surface area contributed by atoms with Crippen molar-refractivity contribution in [2.75, 3.05) is 58.5 Å². The number of morpholine rings is 1. The summed E-state index contributed by atoms with van der Waals surface area (Å²) in [5, 5.41) is 0.309. The number of fused-ring (bicyclic) bond motifs is 1. The molecule has 2 aromatic carbocycles. The number of amides is 1. The van der Waals surface area contributed by atoms with Gasteiger partial charge in [0.05, 0.1) is 32.1 Å². The van der Waals surface area contributed by atoms with Crippen LogP contribution >= 0.6 is 23.7 Å². The third-order valence-electron chi connectivity index (χ3n) is 5.44. The van der Waals surface area contributed by atoms with Crippen LogP contribution in [0.25, 0.3) is 10.2 Å². The molecule has 1 saturated heterocycles. The minimum Gasteiger partial charge on any atom is -0.497 e. The number of carbonyl (C=O) groups excluding carboxylic acids is 1. The van der Waals surface area contributed by atoms with Gasteiger partial charge in [0.1, 0.15) is 22.8 Å². The Morgan fingerprint density at radius 3 is 2.44 bits per heavy atom. The Bertz CT molecular complexity index is 1120. The van der Waals surface area contributed by atoms with Crippen LogP contribution in [0.3, 0.4) is 0 Å². The van der Waals surface area contributed by atoms with Crippen LogP contribution in [0.4, 0.5) is 13.9 Å². The lowest BCUT2D eigenvalue weighted by Gasteiger charge is -2.27. The van der Waals surface area contributed by atoms with Gasteiger partial charge in [0.15, 0.2) is 10.9 Å². The van der Waals surface area contributed by atoms with Gasteiger partial charge in [-0.2, -0.15) is 0 Å². The van der Waals surface area contributed by atoms with Crippen molar-refractivity contribution in [3.63, 3.8) is 0 Å². The van der Waals surface area contributed by atoms with Crippen molar-refractivity contribution in [3.05, 3.63) is 47.5 Å². The number of hydrogen-bond acceptors (Lipinski definition) is 7. The highest BCUT2D eigenvalue weighted by Crippen LogP contribution is 2.33. The monoisotopic (exact) mass is 513 g/mol. The van der Waals surface area contributed by atoms with Crippen LogP contribution < -0.4 is 14.4 Å². The number of benzene rings is 2. The lowest BCUT2D eigenvalue weighted by atomic mass is 10.1. The molecule has 11 heteroatoms. The molecule has 184 valence electrons. The van der Waals surface area contributed by atoms with E-state index in [2.05, 4.69) is 9.88 Å². The number of nitrogens with zero attached hydrogens (tertiary/aromatic N) is 3. The van der Waals surface area contributed by atoms with E-state index in [0.29, 0.717) is 53.1 Å². The minimum atomic E-state index is -0.753. The molecule has 1 fully saturated rings. The number of methoxy groups -OCH3 is 2. The topological polar surface area (TPSA) is 64.1 Å². The second-order valence-corrected chi connectivity index (χ2v) is 8.61. The molecule has 4 rings (SSSR count). The number of ether oxygens (including phenoxy) is 3. The number of halogens is 3. The number of aromatic nitrogens is 1. The maximum Gasteiger partial charge on any atom is 0.260 e. The van der Waals surface area contributed by atoms with Gasteiger partial charge in [-0.15, -0.1) is 12.4 Å². The van der Waals surface area contributed by atoms with Gasteiger partial charge in [0, 0.05) is 43.9 Å². The van der Waals surface area contributed by atoms with Crippen LogP contribution in [0, 0.1) is 11.6 Å². The van der Waals surface area contributed by atoms with Gasteiger partial charge in [0.25, 0.3) is 5.91 Å². The van der Waals surface area contributed by atoms with Gasteiger partial charge in [-0.05, 0) is 24.6 Å². The maximum absolute atomic E-state index is 14.3. The molecule has 3 aromatic rings. The molecular weight excluding hydrogens is 488 g/mol. The summed E-state index contributed by atoms with van der Waals surface area (Å²) in [6.45, 7) is 4.20. The molecule has 1 amide bonds. The zero-order valence-corrected chi connectivity index (χ0v) is 20.5. The first kappa shape index (κ1) is 26.1. The molecule has 0 saturated carbocycles. The van der Waals surface area contributed by atoms with E-state index in [1.807, 2.05) is 0 Å². The molecule has 1 aromatic heterocycles. The quantitative estimate of drug-likeness (QED) is 0.445. The molecule has 1 aliphatic heterocycles. The number of anilines is 1. The standard InChI is InChI=1S/C23H25F2N3O4S.ClH/c1-30-17-10-15(11-18(14-17)31-2)22(29)28(5-3-4-27-6-8-32-9-7-27)23-26-21-19(25)12-16(24)13-20(21)33-23;/h10-14H,3-9H2,1-2H3;1H. The van der Waals surface area contributed by atoms with Crippen LogP contribution in [0.2, 0.25) is 0 Å². The summed E-state index contributed by atoms with van der Waals surface area (Å²) in [7, 11) is 3.02. The van der Waals surface area contributed by atoms with Gasteiger partial charge in [-0.1, -0.05) is 11.3 Å². The third-order valence-corrected chi connectivity index (χ3v) is 6.46. The van der Waals surface area contributed by atoms with E-state index in [1.54, 1.807) is 18.2 Å². The van der Waals surface area contributed by atoms with E-state index in [9.17, 15) is 13.6 Å². The Morgan fingerprint density at radius 2 is 1.79 bits per heavy atom. The van der Waals surface area contributed by atoms with Gasteiger partial charge in [-0.25, -0.2) is 13.8 Å². The highest BCUT2D eigenvalue weighted by atomic mass is 35.5. The molecule has 0 aliphatic carbocycles. The maximum atomic E-state index is 14.3. The normalized spacial score (nSPS) is 14.0. The first-order chi connectivity index (χ1) is 16.0. The van der Waals surface area contributed by atoms with Gasteiger partial charge >= 0.3 is 0 Å². The summed E-state index contributed by atoms with van der Waals surface area (Å²) in [6.07, 6.45) is 0.680. The number of rotatable bonds is 8. The summed E-state index contributed by atoms with van der Waals surface area (Å²) < 4.78 is 44.3. The van der Waals surface area contributed by atoms with Crippen molar-refractivity contribution in [1.82, 2.24) is 9.88 Å². The number of carbonyl (C=O) groups is 1. The first-order valence-corrected chi connectivity index (χ1v) is 11.4. The predicted molar refractivity (Wildman–Crippen MR) is 130 cm³/mol. The molecular formula is C23H26ClF2N3O4S. The fourth-order valence-electron chi connectivity index (χ4n) is 3.71. The van der Waals surface area contributed by atoms with Crippen molar-refractivity contribution >= 4 is 45.0 Å². The Labute approximate surface area is 206 Å². The molecule has 0 bridgehead atoms. The van der Waals surface area contributed by atoms with Crippen molar-refractivity contribution < 1.29 is 27.8 Å². The molecule has 0 unspecified atom stereocenters. The van der Waals surface area contributed by atoms with Gasteiger partial charge in [-0.3, -0.25) is 14.6 Å². The van der Waals surface area contributed by atoms with Crippen LogP contribution in [0.5, 0.6) is 11.5 Å². The summed E-state index contributed by atoms with van der Waals surface area (Å²) in [5.41, 5.74) is 0.397. The number of hydrogen-bond donors (Lipinski definition) is 0. The largest absolute Gasteiger partial charge is 0.497 e. The second kappa shape index (κ2) is 11.7. The SMILES string of the molecule is COc1cc(OC)cc(C(=O)N(CCCN2CCOCC2)c2nc3c(F)cc(F)cc3s2)c1.Cl. The molecule has 0 radical (unpaired) electrons. The fraction of sp³-hybridized carbons (Fsp3) is 0.391. The van der Waals surface area contributed by atoms with Crippen LogP contribution in [0.1, 0.15) is 16.8 Å². The highest BCUT2D eigenvalue weighted by molar-refractivity contribution is 7.22. The first-order valence-electron chi connectivity index (χ1n) is 10.6. The van der Waals surface area contributed by atoms with Crippen LogP contribution in [0.15, 0.2) is 30.3 Å². The fourth-order valence-corrected chi connectivity index (χ4v) is 4.74. The van der Waals surface area contributed by atoms with Crippen molar-refractivity contribution in [2.24, 2.45) is 0 Å². The van der Waals surface area contributed by atoms with E-state index < -0.39 is 11.6 Å². The summed E-state index contributed by atoms with van der Waals surface area (Å²) >= 11 is 1.08. The molecule has 34 heavy (non-hydrogen) atoms. The third kappa shape index (κ3) is 5.93. The summed E-state index contributed by atoms with van der Waals surface area (Å²) in [4.78, 5) is 21.7. The lowest BCUT2D eigenvalue weighted by molar-refractivity contribution is 0.0376. The minimum absolute atomic E-state index is 0. The lowest BCUT2D eigenvalue weighted by Crippen LogP contribution is -2.39. The average Bonchev–Trinajstić information content (AvgIpc) is 3.25. The zero-order valence-electron chi connectivity index (χ0n) is 18.9. The number of thiazole rings is 1.